The van der Waals surface area contributed by atoms with Crippen molar-refractivity contribution in [1.82, 2.24) is 15.6 Å². The first-order valence-corrected chi connectivity index (χ1v) is 9.70. The lowest BCUT2D eigenvalue weighted by atomic mass is 10.1. The van der Waals surface area contributed by atoms with Gasteiger partial charge in [0.25, 0.3) is 0 Å². The van der Waals surface area contributed by atoms with Gasteiger partial charge in [0.15, 0.2) is 5.96 Å². The lowest BCUT2D eigenvalue weighted by Gasteiger charge is -2.15. The molecule has 0 aliphatic carbocycles. The van der Waals surface area contributed by atoms with Gasteiger partial charge < -0.3 is 15.4 Å². The summed E-state index contributed by atoms with van der Waals surface area (Å²) < 4.78 is 5.90. The number of aromatic nitrogens is 1. The van der Waals surface area contributed by atoms with Crippen molar-refractivity contribution in [2.45, 2.75) is 33.4 Å². The molecule has 3 aromatic rings. The van der Waals surface area contributed by atoms with E-state index in [1.54, 1.807) is 7.05 Å². The Kier molecular flexibility index (Phi) is 9.18. The molecule has 0 aliphatic heterocycles. The average molecular weight is 504 g/mol. The number of hydrogen-bond acceptors (Lipinski definition) is 3. The largest absolute Gasteiger partial charge is 0.493 e. The maximum Gasteiger partial charge on any atom is 0.191 e. The molecule has 0 radical (unpaired) electrons. The van der Waals surface area contributed by atoms with Gasteiger partial charge in [0.05, 0.1) is 18.8 Å². The Bertz CT molecular complexity index is 953. The van der Waals surface area contributed by atoms with Crippen LogP contribution >= 0.6 is 24.0 Å². The molecule has 29 heavy (non-hydrogen) atoms. The molecule has 0 aliphatic rings. The van der Waals surface area contributed by atoms with Crippen LogP contribution in [-0.4, -0.2) is 24.6 Å². The highest BCUT2D eigenvalue weighted by Crippen LogP contribution is 2.20. The molecule has 2 N–H and O–H groups in total. The summed E-state index contributed by atoms with van der Waals surface area (Å²) in [5, 5.41) is 9.07. The second kappa shape index (κ2) is 11.6. The maximum absolute atomic E-state index is 5.90. The van der Waals surface area contributed by atoms with Crippen LogP contribution in [0.4, 0.5) is 0 Å². The Morgan fingerprint density at radius 2 is 1.86 bits per heavy atom. The van der Waals surface area contributed by atoms with E-state index in [4.69, 9.17) is 4.74 Å². The van der Waals surface area contributed by atoms with Crippen molar-refractivity contribution in [3.8, 4) is 5.75 Å². The zero-order chi connectivity index (χ0) is 19.8. The molecule has 0 fully saturated rings. The Morgan fingerprint density at radius 1 is 1.07 bits per heavy atom. The number of nitrogens with one attached hydrogen (secondary N) is 2. The molecular formula is C23H29IN4O. The van der Waals surface area contributed by atoms with E-state index in [1.165, 1.54) is 10.9 Å². The van der Waals surface area contributed by atoms with Crippen molar-refractivity contribution in [2.75, 3.05) is 13.7 Å². The summed E-state index contributed by atoms with van der Waals surface area (Å²) in [4.78, 5) is 8.86. The van der Waals surface area contributed by atoms with Crippen LogP contribution < -0.4 is 15.4 Å². The molecule has 6 heteroatoms. The number of benzene rings is 2. The van der Waals surface area contributed by atoms with Crippen LogP contribution in [0.2, 0.25) is 0 Å². The first-order valence-electron chi connectivity index (χ1n) is 9.70. The molecule has 1 heterocycles. The van der Waals surface area contributed by atoms with E-state index in [9.17, 15) is 0 Å². The van der Waals surface area contributed by atoms with Gasteiger partial charge in [-0.05, 0) is 36.4 Å². The molecule has 0 saturated heterocycles. The average Bonchev–Trinajstić information content (AvgIpc) is 2.73. The van der Waals surface area contributed by atoms with Gasteiger partial charge in [-0.25, -0.2) is 0 Å². The second-order valence-electron chi connectivity index (χ2n) is 6.72. The van der Waals surface area contributed by atoms with Gasteiger partial charge >= 0.3 is 0 Å². The lowest BCUT2D eigenvalue weighted by Crippen LogP contribution is -2.36. The molecule has 0 atom stereocenters. The Labute approximate surface area is 190 Å². The third kappa shape index (κ3) is 6.32. The first kappa shape index (κ1) is 22.9. The van der Waals surface area contributed by atoms with Crippen molar-refractivity contribution in [3.05, 3.63) is 71.5 Å². The van der Waals surface area contributed by atoms with Crippen LogP contribution in [0.5, 0.6) is 5.75 Å². The number of pyridine rings is 1. The van der Waals surface area contributed by atoms with Crippen molar-refractivity contribution in [3.63, 3.8) is 0 Å². The topological polar surface area (TPSA) is 58.5 Å². The number of ether oxygens (including phenoxy) is 1. The molecule has 0 saturated carbocycles. The zero-order valence-electron chi connectivity index (χ0n) is 17.2. The normalized spacial score (nSPS) is 11.1. The van der Waals surface area contributed by atoms with E-state index >= 15 is 0 Å². The lowest BCUT2D eigenvalue weighted by molar-refractivity contribution is 0.313. The summed E-state index contributed by atoms with van der Waals surface area (Å²) in [6.07, 6.45) is 2.83. The predicted molar refractivity (Wildman–Crippen MR) is 131 cm³/mol. The molecule has 0 bridgehead atoms. The summed E-state index contributed by atoms with van der Waals surface area (Å²) in [7, 11) is 1.77. The summed E-state index contributed by atoms with van der Waals surface area (Å²) in [6, 6.07) is 16.6. The van der Waals surface area contributed by atoms with E-state index in [2.05, 4.69) is 64.8 Å². The van der Waals surface area contributed by atoms with Crippen molar-refractivity contribution in [1.29, 1.82) is 0 Å². The number of rotatable bonds is 7. The summed E-state index contributed by atoms with van der Waals surface area (Å²) in [5.74, 6) is 1.66. The Hall–Kier alpha value is -2.35. The van der Waals surface area contributed by atoms with Gasteiger partial charge in [0.2, 0.25) is 0 Å². The monoisotopic (exact) mass is 504 g/mol. The van der Waals surface area contributed by atoms with Gasteiger partial charge in [-0.15, -0.1) is 24.0 Å². The fraction of sp³-hybridized carbons (Fsp3) is 0.304. The highest BCUT2D eigenvalue weighted by molar-refractivity contribution is 14.0. The second-order valence-corrected chi connectivity index (χ2v) is 6.72. The van der Waals surface area contributed by atoms with Crippen LogP contribution in [0.3, 0.4) is 0 Å². The Balaban J connectivity index is 0.00000300. The number of hydrogen-bond donors (Lipinski definition) is 2. The minimum absolute atomic E-state index is 0. The molecular weight excluding hydrogens is 475 g/mol. The van der Waals surface area contributed by atoms with Crippen molar-refractivity contribution >= 4 is 40.7 Å². The molecule has 154 valence electrons. The Morgan fingerprint density at radius 3 is 2.66 bits per heavy atom. The molecule has 0 amide bonds. The van der Waals surface area contributed by atoms with Crippen molar-refractivity contribution in [2.24, 2.45) is 4.99 Å². The van der Waals surface area contributed by atoms with Gasteiger partial charge in [-0.2, -0.15) is 0 Å². The van der Waals surface area contributed by atoms with E-state index in [1.807, 2.05) is 24.4 Å². The summed E-state index contributed by atoms with van der Waals surface area (Å²) in [5.41, 5.74) is 3.31. The fourth-order valence-electron chi connectivity index (χ4n) is 3.04. The van der Waals surface area contributed by atoms with Gasteiger partial charge in [0, 0.05) is 30.7 Å². The van der Waals surface area contributed by atoms with Crippen LogP contribution in [0.1, 0.15) is 30.2 Å². The highest BCUT2D eigenvalue weighted by atomic mass is 127. The standard InChI is InChI=1S/C23H28N4O.HI/c1-4-13-28-22-14-17(2)9-10-19(22)15-26-23(24-3)27-16-21-20-8-6-5-7-18(20)11-12-25-21;/h5-12,14H,4,13,15-16H2,1-3H3,(H2,24,26,27);1H. The zero-order valence-corrected chi connectivity index (χ0v) is 19.6. The third-order valence-electron chi connectivity index (χ3n) is 4.53. The third-order valence-corrected chi connectivity index (χ3v) is 4.53. The van der Waals surface area contributed by atoms with Gasteiger partial charge in [-0.3, -0.25) is 9.98 Å². The van der Waals surface area contributed by atoms with Gasteiger partial charge in [-0.1, -0.05) is 43.3 Å². The van der Waals surface area contributed by atoms with Crippen molar-refractivity contribution < 1.29 is 4.74 Å². The maximum atomic E-state index is 5.90. The highest BCUT2D eigenvalue weighted by Gasteiger charge is 2.07. The van der Waals surface area contributed by atoms with E-state index in [0.717, 1.165) is 41.4 Å². The number of nitrogens with zero attached hydrogens (tertiary/aromatic N) is 2. The fourth-order valence-corrected chi connectivity index (χ4v) is 3.04. The SMILES string of the molecule is CCCOc1cc(C)ccc1CNC(=NC)NCc1nccc2ccccc12.I. The number of aliphatic imine (C=N–C) groups is 1. The smallest absolute Gasteiger partial charge is 0.191 e. The molecule has 2 aromatic carbocycles. The molecule has 0 spiro atoms. The minimum atomic E-state index is 0. The predicted octanol–water partition coefficient (Wildman–Crippen LogP) is 4.82. The van der Waals surface area contributed by atoms with Crippen LogP contribution in [0.15, 0.2) is 59.7 Å². The molecule has 1 aromatic heterocycles. The summed E-state index contributed by atoms with van der Waals surface area (Å²) >= 11 is 0. The van der Waals surface area contributed by atoms with E-state index in [-0.39, 0.29) is 24.0 Å². The summed E-state index contributed by atoms with van der Waals surface area (Å²) in [6.45, 7) is 6.15. The molecule has 5 nitrogen and oxygen atoms in total. The van der Waals surface area contributed by atoms with E-state index in [0.29, 0.717) is 13.1 Å². The van der Waals surface area contributed by atoms with Crippen LogP contribution in [-0.2, 0) is 13.1 Å². The number of fused-ring (bicyclic) bond motifs is 1. The quantitative estimate of drug-likeness (QED) is 0.275. The van der Waals surface area contributed by atoms with Gasteiger partial charge in [0.1, 0.15) is 5.75 Å². The number of guanidine groups is 1. The minimum Gasteiger partial charge on any atom is -0.493 e. The van der Waals surface area contributed by atoms with E-state index < -0.39 is 0 Å². The van der Waals surface area contributed by atoms with Crippen LogP contribution in [0.25, 0.3) is 10.8 Å². The number of halogens is 1. The first-order chi connectivity index (χ1) is 13.7. The molecule has 0 unspecified atom stereocenters. The molecule has 3 rings (SSSR count). The number of aryl methyl sites for hydroxylation is 1. The van der Waals surface area contributed by atoms with Crippen LogP contribution in [0, 0.1) is 6.92 Å².